The number of likely N-dealkylation sites (N-methyl/N-ethyl adjacent to an activating group) is 1. The summed E-state index contributed by atoms with van der Waals surface area (Å²) in [4.78, 5) is 54.2. The third kappa shape index (κ3) is 5.98. The average molecular weight is 548 g/mol. The lowest BCUT2D eigenvalue weighted by atomic mass is 10.0. The number of hydrogen-bond donors (Lipinski definition) is 2. The summed E-state index contributed by atoms with van der Waals surface area (Å²) in [6.07, 6.45) is -1.22. The number of carbonyl (C=O) groups is 4. The lowest BCUT2D eigenvalue weighted by molar-refractivity contribution is -0.188. The second kappa shape index (κ2) is 11.4. The molecule has 2 saturated heterocycles. The lowest BCUT2D eigenvalue weighted by Crippen LogP contribution is -2.75. The predicted octanol–water partition coefficient (Wildman–Crippen LogP) is 2.80. The number of hydrogen-bond acceptors (Lipinski definition) is 5. The van der Waals surface area contributed by atoms with Gasteiger partial charge < -0.3 is 20.2 Å². The Bertz CT molecular complexity index is 1200. The van der Waals surface area contributed by atoms with E-state index in [9.17, 15) is 24.3 Å². The van der Waals surface area contributed by atoms with Gasteiger partial charge in [-0.05, 0) is 29.7 Å². The Labute approximate surface area is 224 Å². The minimum atomic E-state index is -1.08. The summed E-state index contributed by atoms with van der Waals surface area (Å²) in [5, 5.41) is 15.9. The van der Waals surface area contributed by atoms with Gasteiger partial charge in [-0.2, -0.15) is 0 Å². The van der Waals surface area contributed by atoms with Gasteiger partial charge in [0.15, 0.2) is 0 Å². The number of benzene rings is 2. The van der Waals surface area contributed by atoms with Crippen molar-refractivity contribution in [2.24, 2.45) is 0 Å². The van der Waals surface area contributed by atoms with E-state index in [1.54, 1.807) is 25.2 Å². The molecule has 0 unspecified atom stereocenters. The van der Waals surface area contributed by atoms with E-state index in [0.29, 0.717) is 15.6 Å². The molecule has 2 fully saturated rings. The first kappa shape index (κ1) is 26.7. The summed E-state index contributed by atoms with van der Waals surface area (Å²) in [6.45, 7) is 0.279. The highest BCUT2D eigenvalue weighted by atomic mass is 35.5. The van der Waals surface area contributed by atoms with Gasteiger partial charge in [0, 0.05) is 36.6 Å². The lowest BCUT2D eigenvalue weighted by Gasteiger charge is -2.54. The van der Waals surface area contributed by atoms with Gasteiger partial charge in [-0.15, -0.1) is 0 Å². The molecule has 4 rings (SSSR count). The summed E-state index contributed by atoms with van der Waals surface area (Å²) < 4.78 is 0. The van der Waals surface area contributed by atoms with E-state index in [-0.39, 0.29) is 44.9 Å². The number of urea groups is 1. The summed E-state index contributed by atoms with van der Waals surface area (Å²) in [6, 6.07) is 12.8. The van der Waals surface area contributed by atoms with Crippen molar-refractivity contribution < 1.29 is 24.3 Å². The molecule has 2 N–H and O–H groups in total. The molecule has 0 saturated carbocycles. The zero-order valence-electron chi connectivity index (χ0n) is 20.1. The molecule has 2 aromatic carbocycles. The van der Waals surface area contributed by atoms with Crippen molar-refractivity contribution in [1.82, 2.24) is 25.1 Å². The van der Waals surface area contributed by atoms with Crippen LogP contribution in [-0.4, -0.2) is 81.1 Å². The Morgan fingerprint density at radius 3 is 2.51 bits per heavy atom. The number of fused-ring (bicyclic) bond motifs is 1. The molecule has 0 aliphatic carbocycles. The monoisotopic (exact) mass is 547 g/mol. The van der Waals surface area contributed by atoms with Crippen LogP contribution in [0.3, 0.4) is 0 Å². The SMILES string of the molecule is CN1CC(=O)N2[C@@H](CCC(=O)O)C(=O)N(Cc3ccc(Cl)cc3Cl)C[C@@H]2N1C(=O)NCc1ccccc1. The van der Waals surface area contributed by atoms with Gasteiger partial charge in [0.1, 0.15) is 12.2 Å². The van der Waals surface area contributed by atoms with Gasteiger partial charge in [-0.3, -0.25) is 14.4 Å². The minimum Gasteiger partial charge on any atom is -0.481 e. The second-order valence-corrected chi connectivity index (χ2v) is 9.83. The molecule has 2 aliphatic heterocycles. The van der Waals surface area contributed by atoms with E-state index >= 15 is 0 Å². The van der Waals surface area contributed by atoms with Crippen molar-refractivity contribution in [3.05, 3.63) is 69.7 Å². The number of rotatable bonds is 7. The first-order valence-electron chi connectivity index (χ1n) is 11.7. The highest BCUT2D eigenvalue weighted by molar-refractivity contribution is 6.35. The van der Waals surface area contributed by atoms with Gasteiger partial charge in [-0.1, -0.05) is 59.6 Å². The maximum atomic E-state index is 13.5. The molecule has 4 amide bonds. The highest BCUT2D eigenvalue weighted by Gasteiger charge is 2.50. The predicted molar refractivity (Wildman–Crippen MR) is 136 cm³/mol. The van der Waals surface area contributed by atoms with Crippen LogP contribution in [0.4, 0.5) is 4.79 Å². The molecule has 2 aromatic rings. The molecule has 2 heterocycles. The van der Waals surface area contributed by atoms with Crippen molar-refractivity contribution in [3.8, 4) is 0 Å². The quantitative estimate of drug-likeness (QED) is 0.551. The average Bonchev–Trinajstić information content (AvgIpc) is 2.85. The fourth-order valence-electron chi connectivity index (χ4n) is 4.69. The molecule has 0 aromatic heterocycles. The molecule has 0 bridgehead atoms. The number of halogens is 2. The van der Waals surface area contributed by atoms with Crippen molar-refractivity contribution in [2.75, 3.05) is 20.1 Å². The topological polar surface area (TPSA) is 114 Å². The van der Waals surface area contributed by atoms with Crippen molar-refractivity contribution in [3.63, 3.8) is 0 Å². The third-order valence-corrected chi connectivity index (χ3v) is 7.03. The van der Waals surface area contributed by atoms with Crippen LogP contribution in [0.2, 0.25) is 10.0 Å². The van der Waals surface area contributed by atoms with Crippen LogP contribution in [0.15, 0.2) is 48.5 Å². The van der Waals surface area contributed by atoms with Crippen molar-refractivity contribution in [2.45, 2.75) is 38.1 Å². The van der Waals surface area contributed by atoms with Gasteiger partial charge in [0.25, 0.3) is 0 Å². The third-order valence-electron chi connectivity index (χ3n) is 6.44. The van der Waals surface area contributed by atoms with Crippen LogP contribution >= 0.6 is 23.2 Å². The number of hydrazine groups is 1. The van der Waals surface area contributed by atoms with Crippen LogP contribution in [-0.2, 0) is 27.5 Å². The molecule has 0 spiro atoms. The first-order valence-corrected chi connectivity index (χ1v) is 12.5. The summed E-state index contributed by atoms with van der Waals surface area (Å²) in [7, 11) is 1.63. The summed E-state index contributed by atoms with van der Waals surface area (Å²) >= 11 is 12.4. The van der Waals surface area contributed by atoms with Gasteiger partial charge in [-0.25, -0.2) is 14.8 Å². The van der Waals surface area contributed by atoms with Crippen LogP contribution in [0.25, 0.3) is 0 Å². The Morgan fingerprint density at radius 1 is 1.11 bits per heavy atom. The maximum Gasteiger partial charge on any atom is 0.334 e. The number of carbonyl (C=O) groups excluding carboxylic acids is 3. The van der Waals surface area contributed by atoms with Crippen LogP contribution in [0, 0.1) is 0 Å². The fourth-order valence-corrected chi connectivity index (χ4v) is 5.16. The van der Waals surface area contributed by atoms with Gasteiger partial charge >= 0.3 is 12.0 Å². The number of aliphatic carboxylic acids is 1. The molecule has 37 heavy (non-hydrogen) atoms. The molecule has 0 radical (unpaired) electrons. The van der Waals surface area contributed by atoms with Crippen LogP contribution in [0.1, 0.15) is 24.0 Å². The van der Waals surface area contributed by atoms with E-state index in [1.165, 1.54) is 19.8 Å². The summed E-state index contributed by atoms with van der Waals surface area (Å²) in [5.41, 5.74) is 1.54. The molecule has 196 valence electrons. The number of amides is 4. The van der Waals surface area contributed by atoms with Crippen molar-refractivity contribution >= 4 is 47.0 Å². The van der Waals surface area contributed by atoms with Crippen LogP contribution in [0.5, 0.6) is 0 Å². The zero-order valence-corrected chi connectivity index (χ0v) is 21.7. The van der Waals surface area contributed by atoms with Gasteiger partial charge in [0.05, 0.1) is 13.1 Å². The summed E-state index contributed by atoms with van der Waals surface area (Å²) in [5.74, 6) is -1.83. The number of nitrogens with zero attached hydrogens (tertiary/aromatic N) is 4. The van der Waals surface area contributed by atoms with E-state index in [1.807, 2.05) is 30.3 Å². The standard InChI is InChI=1S/C25H27Cl2N5O5/c1-29-15-22(33)31-20(9-10-23(34)35)24(36)30(13-17-7-8-18(26)11-19(17)27)14-21(31)32(29)25(37)28-12-16-5-3-2-4-6-16/h2-8,11,20-21H,9-10,12-15H2,1H3,(H,28,37)(H,34,35)/t20-,21-/m0/s1. The second-order valence-electron chi connectivity index (χ2n) is 8.99. The van der Waals surface area contributed by atoms with Crippen LogP contribution < -0.4 is 5.32 Å². The Kier molecular flexibility index (Phi) is 8.21. The Hall–Kier alpha value is -3.34. The normalized spacial score (nSPS) is 20.1. The largest absolute Gasteiger partial charge is 0.481 e. The fraction of sp³-hybridized carbons (Fsp3) is 0.360. The Balaban J connectivity index is 1.63. The van der Waals surface area contributed by atoms with E-state index in [2.05, 4.69) is 5.32 Å². The number of carboxylic acids is 1. The number of nitrogens with one attached hydrogen (secondary N) is 1. The number of carboxylic acid groups (broad SMARTS) is 1. The van der Waals surface area contributed by atoms with E-state index in [0.717, 1.165) is 5.56 Å². The highest BCUT2D eigenvalue weighted by Crippen LogP contribution is 2.30. The smallest absolute Gasteiger partial charge is 0.334 e. The van der Waals surface area contributed by atoms with E-state index in [4.69, 9.17) is 23.2 Å². The van der Waals surface area contributed by atoms with E-state index < -0.39 is 30.1 Å². The maximum absolute atomic E-state index is 13.5. The molecular formula is C25H27Cl2N5O5. The minimum absolute atomic E-state index is 0.0240. The van der Waals surface area contributed by atoms with Gasteiger partial charge in [0.2, 0.25) is 11.8 Å². The molecule has 12 heteroatoms. The molecule has 10 nitrogen and oxygen atoms in total. The zero-order chi connectivity index (χ0) is 26.7. The molecule has 2 atom stereocenters. The van der Waals surface area contributed by atoms with Crippen molar-refractivity contribution in [1.29, 1.82) is 0 Å². The molecular weight excluding hydrogens is 521 g/mol. The first-order chi connectivity index (χ1) is 17.7. The number of piperazine rings is 1. The molecule has 2 aliphatic rings. The Morgan fingerprint density at radius 2 is 1.84 bits per heavy atom.